The van der Waals surface area contributed by atoms with E-state index in [9.17, 15) is 17.6 Å². The van der Waals surface area contributed by atoms with Crippen molar-refractivity contribution in [1.29, 1.82) is 0 Å². The number of carbonyl (C=O) groups is 1. The van der Waals surface area contributed by atoms with Gasteiger partial charge in [-0.05, 0) is 48.9 Å². The van der Waals surface area contributed by atoms with E-state index >= 15 is 0 Å². The summed E-state index contributed by atoms with van der Waals surface area (Å²) in [4.78, 5) is 12.0. The van der Waals surface area contributed by atoms with Gasteiger partial charge in [0.1, 0.15) is 11.6 Å². The minimum Gasteiger partial charge on any atom is -0.495 e. The van der Waals surface area contributed by atoms with Crippen LogP contribution >= 0.6 is 0 Å². The van der Waals surface area contributed by atoms with Crippen LogP contribution < -0.4 is 20.5 Å². The highest BCUT2D eigenvalue weighted by Gasteiger charge is 2.18. The Hall–Kier alpha value is -2.65. The van der Waals surface area contributed by atoms with Gasteiger partial charge < -0.3 is 15.8 Å². The highest BCUT2D eigenvalue weighted by Crippen LogP contribution is 2.30. The summed E-state index contributed by atoms with van der Waals surface area (Å²) < 4.78 is 45.6. The third kappa shape index (κ3) is 5.41. The maximum absolute atomic E-state index is 13.0. The van der Waals surface area contributed by atoms with Gasteiger partial charge in [0, 0.05) is 5.69 Å². The van der Waals surface area contributed by atoms with Crippen LogP contribution in [0, 0.1) is 5.82 Å². The Labute approximate surface area is 157 Å². The Balaban J connectivity index is 2.27. The molecule has 1 amide bonds. The number of anilines is 2. The first-order valence-corrected chi connectivity index (χ1v) is 9.78. The number of ether oxygens (including phenoxy) is 1. The van der Waals surface area contributed by atoms with Crippen LogP contribution in [0.5, 0.6) is 5.75 Å². The van der Waals surface area contributed by atoms with Crippen LogP contribution in [-0.4, -0.2) is 27.5 Å². The second-order valence-corrected chi connectivity index (χ2v) is 7.54. The van der Waals surface area contributed by atoms with E-state index in [0.29, 0.717) is 12.1 Å². The lowest BCUT2D eigenvalue weighted by Gasteiger charge is -2.15. The van der Waals surface area contributed by atoms with E-state index in [1.807, 2.05) is 6.92 Å². The fourth-order valence-electron chi connectivity index (χ4n) is 2.36. The fourth-order valence-corrected chi connectivity index (χ4v) is 3.42. The number of sulfonamides is 1. The van der Waals surface area contributed by atoms with Gasteiger partial charge in [-0.15, -0.1) is 0 Å². The monoisotopic (exact) mass is 395 g/mol. The molecule has 146 valence electrons. The maximum atomic E-state index is 13.0. The topological polar surface area (TPSA) is 111 Å². The van der Waals surface area contributed by atoms with E-state index in [1.54, 1.807) is 6.07 Å². The van der Waals surface area contributed by atoms with Crippen LogP contribution in [-0.2, 0) is 14.8 Å². The molecule has 1 atom stereocenters. The minimum absolute atomic E-state index is 0.106. The molecule has 0 spiro atoms. The van der Waals surface area contributed by atoms with Gasteiger partial charge in [0.15, 0.2) is 0 Å². The van der Waals surface area contributed by atoms with E-state index in [1.165, 1.54) is 19.2 Å². The molecule has 4 N–H and O–H groups in total. The first kappa shape index (κ1) is 20.7. The Kier molecular flexibility index (Phi) is 6.75. The number of methoxy groups -OCH3 is 1. The molecular weight excluding hydrogens is 373 g/mol. The predicted molar refractivity (Wildman–Crippen MR) is 102 cm³/mol. The molecule has 0 aliphatic heterocycles. The molecule has 9 heteroatoms. The molecule has 2 aromatic carbocycles. The Morgan fingerprint density at radius 1 is 1.22 bits per heavy atom. The smallest absolute Gasteiger partial charge is 0.262 e. The summed E-state index contributed by atoms with van der Waals surface area (Å²) in [6.07, 6.45) is 1.30. The fraction of sp³-hybridized carbons (Fsp3) is 0.278. The molecule has 2 aromatic rings. The summed E-state index contributed by atoms with van der Waals surface area (Å²) in [5, 5.41) is 2.65. The van der Waals surface area contributed by atoms with Crippen molar-refractivity contribution in [2.75, 3.05) is 17.1 Å². The molecule has 0 saturated carbocycles. The van der Waals surface area contributed by atoms with E-state index in [4.69, 9.17) is 10.5 Å². The molecule has 0 aromatic heterocycles. The Bertz CT molecular complexity index is 901. The van der Waals surface area contributed by atoms with Gasteiger partial charge in [0.25, 0.3) is 10.0 Å². The van der Waals surface area contributed by atoms with Crippen LogP contribution in [0.25, 0.3) is 0 Å². The highest BCUT2D eigenvalue weighted by atomic mass is 32.2. The zero-order chi connectivity index (χ0) is 20.0. The van der Waals surface area contributed by atoms with Crippen LogP contribution in [0.1, 0.15) is 19.8 Å². The summed E-state index contributed by atoms with van der Waals surface area (Å²) in [7, 11) is -2.58. The molecule has 1 unspecified atom stereocenters. The van der Waals surface area contributed by atoms with E-state index in [2.05, 4.69) is 10.0 Å². The van der Waals surface area contributed by atoms with E-state index < -0.39 is 21.9 Å². The molecule has 0 saturated heterocycles. The summed E-state index contributed by atoms with van der Waals surface area (Å²) in [5.74, 6) is -0.648. The van der Waals surface area contributed by atoms with Crippen molar-refractivity contribution in [2.45, 2.75) is 30.7 Å². The summed E-state index contributed by atoms with van der Waals surface area (Å²) in [6.45, 7) is 1.92. The number of amides is 1. The van der Waals surface area contributed by atoms with Crippen LogP contribution in [0.4, 0.5) is 15.8 Å². The van der Waals surface area contributed by atoms with Crippen molar-refractivity contribution in [3.05, 3.63) is 48.3 Å². The zero-order valence-electron chi connectivity index (χ0n) is 15.0. The molecule has 2 rings (SSSR count). The second-order valence-electron chi connectivity index (χ2n) is 5.86. The quantitative estimate of drug-likeness (QED) is 0.636. The predicted octanol–water partition coefficient (Wildman–Crippen LogP) is 2.70. The van der Waals surface area contributed by atoms with Crippen LogP contribution in [0.15, 0.2) is 47.4 Å². The van der Waals surface area contributed by atoms with Gasteiger partial charge in [0.05, 0.1) is 23.7 Å². The molecule has 0 fully saturated rings. The second kappa shape index (κ2) is 8.83. The van der Waals surface area contributed by atoms with Gasteiger partial charge >= 0.3 is 0 Å². The third-order valence-corrected chi connectivity index (χ3v) is 5.15. The lowest BCUT2D eigenvalue weighted by Crippen LogP contribution is -2.35. The van der Waals surface area contributed by atoms with Crippen molar-refractivity contribution >= 4 is 27.3 Å². The summed E-state index contributed by atoms with van der Waals surface area (Å²) in [6, 6.07) is 8.27. The summed E-state index contributed by atoms with van der Waals surface area (Å²) in [5.41, 5.74) is 6.27. The van der Waals surface area contributed by atoms with Gasteiger partial charge in [-0.2, -0.15) is 0 Å². The van der Waals surface area contributed by atoms with Crippen molar-refractivity contribution < 1.29 is 22.3 Å². The van der Waals surface area contributed by atoms with Gasteiger partial charge in [-0.25, -0.2) is 12.8 Å². The van der Waals surface area contributed by atoms with Crippen LogP contribution in [0.2, 0.25) is 0 Å². The normalized spacial score (nSPS) is 12.3. The third-order valence-electron chi connectivity index (χ3n) is 3.77. The number of hydrogen-bond acceptors (Lipinski definition) is 5. The zero-order valence-corrected chi connectivity index (χ0v) is 15.8. The van der Waals surface area contributed by atoms with Crippen molar-refractivity contribution in [1.82, 2.24) is 0 Å². The first-order valence-electron chi connectivity index (χ1n) is 8.29. The van der Waals surface area contributed by atoms with Gasteiger partial charge in [0.2, 0.25) is 5.91 Å². The number of nitrogens with one attached hydrogen (secondary N) is 2. The average molecular weight is 395 g/mol. The molecule has 0 bridgehead atoms. The molecule has 0 aliphatic carbocycles. The minimum atomic E-state index is -3.97. The van der Waals surface area contributed by atoms with E-state index in [0.717, 1.165) is 30.7 Å². The van der Waals surface area contributed by atoms with Gasteiger partial charge in [-0.1, -0.05) is 13.3 Å². The van der Waals surface area contributed by atoms with E-state index in [-0.39, 0.29) is 22.2 Å². The SMILES string of the molecule is CCCC(N)C(=O)Nc1ccc(OC)c(NS(=O)(=O)c2ccc(F)cc2)c1. The maximum Gasteiger partial charge on any atom is 0.262 e. The number of rotatable bonds is 8. The highest BCUT2D eigenvalue weighted by molar-refractivity contribution is 7.92. The Morgan fingerprint density at radius 2 is 1.89 bits per heavy atom. The number of benzene rings is 2. The van der Waals surface area contributed by atoms with Crippen molar-refractivity contribution in [2.24, 2.45) is 5.73 Å². The lowest BCUT2D eigenvalue weighted by molar-refractivity contribution is -0.117. The number of nitrogens with two attached hydrogens (primary N) is 1. The van der Waals surface area contributed by atoms with Gasteiger partial charge in [-0.3, -0.25) is 9.52 Å². The molecule has 0 heterocycles. The first-order chi connectivity index (χ1) is 12.8. The summed E-state index contributed by atoms with van der Waals surface area (Å²) >= 11 is 0. The molecule has 0 radical (unpaired) electrons. The van der Waals surface area contributed by atoms with Crippen molar-refractivity contribution in [3.63, 3.8) is 0 Å². The standard InChI is InChI=1S/C18H22FN3O4S/c1-3-4-15(20)18(23)21-13-7-10-17(26-2)16(11-13)22-27(24,25)14-8-5-12(19)6-9-14/h5-11,15,22H,3-4,20H2,1-2H3,(H,21,23). The molecule has 27 heavy (non-hydrogen) atoms. The van der Waals surface area contributed by atoms with Crippen molar-refractivity contribution in [3.8, 4) is 5.75 Å². The lowest BCUT2D eigenvalue weighted by atomic mass is 10.1. The largest absolute Gasteiger partial charge is 0.495 e. The molecule has 0 aliphatic rings. The number of hydrogen-bond donors (Lipinski definition) is 3. The average Bonchev–Trinajstić information content (AvgIpc) is 2.62. The molecular formula is C18H22FN3O4S. The molecule has 7 nitrogen and oxygen atoms in total. The number of halogens is 1. The number of carbonyl (C=O) groups excluding carboxylic acids is 1. The Morgan fingerprint density at radius 3 is 2.48 bits per heavy atom. The van der Waals surface area contributed by atoms with Crippen LogP contribution in [0.3, 0.4) is 0 Å².